The molecule has 0 aliphatic heterocycles. The monoisotopic (exact) mass is 396 g/mol. The summed E-state index contributed by atoms with van der Waals surface area (Å²) in [5.74, 6) is -0.356. The van der Waals surface area contributed by atoms with Crippen molar-refractivity contribution < 1.29 is 9.59 Å². The first-order chi connectivity index (χ1) is 11.9. The molecule has 0 saturated carbocycles. The third kappa shape index (κ3) is 3.54. The van der Waals surface area contributed by atoms with Gasteiger partial charge in [0.2, 0.25) is 0 Å². The van der Waals surface area contributed by atoms with Gasteiger partial charge >= 0.3 is 0 Å². The van der Waals surface area contributed by atoms with Crippen molar-refractivity contribution in [2.24, 2.45) is 11.7 Å². The molecular formula is C18H18Cl2N2O2S. The van der Waals surface area contributed by atoms with Gasteiger partial charge in [0.1, 0.15) is 5.00 Å². The lowest BCUT2D eigenvalue weighted by molar-refractivity contribution is 0.1000. The van der Waals surface area contributed by atoms with E-state index in [1.54, 1.807) is 18.2 Å². The zero-order valence-corrected chi connectivity index (χ0v) is 16.0. The van der Waals surface area contributed by atoms with Crippen LogP contribution in [-0.4, -0.2) is 11.8 Å². The number of hydrogen-bond acceptors (Lipinski definition) is 3. The van der Waals surface area contributed by atoms with Crippen LogP contribution in [0.15, 0.2) is 18.2 Å². The lowest BCUT2D eigenvalue weighted by atomic mass is 9.85. The fourth-order valence-corrected chi connectivity index (χ4v) is 5.16. The molecule has 1 unspecified atom stereocenters. The number of nitrogens with two attached hydrogens (primary N) is 1. The first-order valence-electron chi connectivity index (χ1n) is 8.12. The van der Waals surface area contributed by atoms with E-state index >= 15 is 0 Å². The number of hydrogen-bond donors (Lipinski definition) is 2. The average Bonchev–Trinajstić information content (AvgIpc) is 2.91. The third-order valence-electron chi connectivity index (χ3n) is 4.61. The fraction of sp³-hybridized carbons (Fsp3) is 0.333. The molecule has 2 aromatic rings. The number of rotatable bonds is 4. The quantitative estimate of drug-likeness (QED) is 0.769. The van der Waals surface area contributed by atoms with Crippen LogP contribution in [0.1, 0.15) is 50.9 Å². The summed E-state index contributed by atoms with van der Waals surface area (Å²) >= 11 is 13.6. The maximum Gasteiger partial charge on any atom is 0.259 e. The molecular weight excluding hydrogens is 379 g/mol. The molecule has 7 heteroatoms. The molecule has 3 N–H and O–H groups in total. The van der Waals surface area contributed by atoms with Crippen LogP contribution >= 0.6 is 34.5 Å². The van der Waals surface area contributed by atoms with Crippen molar-refractivity contribution in [2.45, 2.75) is 32.6 Å². The van der Waals surface area contributed by atoms with E-state index in [4.69, 9.17) is 28.9 Å². The van der Waals surface area contributed by atoms with Crippen LogP contribution in [0.25, 0.3) is 0 Å². The summed E-state index contributed by atoms with van der Waals surface area (Å²) in [4.78, 5) is 25.8. The number of thiophene rings is 1. The topological polar surface area (TPSA) is 72.2 Å². The Kier molecular flexibility index (Phi) is 5.37. The minimum atomic E-state index is -0.520. The summed E-state index contributed by atoms with van der Waals surface area (Å²) in [5.41, 5.74) is 7.18. The van der Waals surface area contributed by atoms with Gasteiger partial charge in [0.25, 0.3) is 11.8 Å². The van der Waals surface area contributed by atoms with Crippen LogP contribution in [0.2, 0.25) is 10.0 Å². The van der Waals surface area contributed by atoms with Gasteiger partial charge in [-0.3, -0.25) is 9.59 Å². The van der Waals surface area contributed by atoms with Crippen molar-refractivity contribution in [3.05, 3.63) is 49.8 Å². The molecule has 1 aromatic heterocycles. The number of primary amides is 1. The van der Waals surface area contributed by atoms with Crippen LogP contribution < -0.4 is 11.1 Å². The van der Waals surface area contributed by atoms with E-state index in [1.807, 2.05) is 0 Å². The van der Waals surface area contributed by atoms with Crippen LogP contribution in [0.5, 0.6) is 0 Å². The Labute approximate surface area is 160 Å². The van der Waals surface area contributed by atoms with Gasteiger partial charge in [-0.25, -0.2) is 0 Å². The van der Waals surface area contributed by atoms with Crippen LogP contribution in [0, 0.1) is 5.92 Å². The molecule has 1 aliphatic carbocycles. The van der Waals surface area contributed by atoms with E-state index in [-0.39, 0.29) is 15.6 Å². The Morgan fingerprint density at radius 2 is 1.96 bits per heavy atom. The Bertz CT molecular complexity index is 828. The highest BCUT2D eigenvalue weighted by molar-refractivity contribution is 7.17. The van der Waals surface area contributed by atoms with Crippen molar-refractivity contribution >= 4 is 51.4 Å². The maximum atomic E-state index is 12.6. The largest absolute Gasteiger partial charge is 0.365 e. The summed E-state index contributed by atoms with van der Waals surface area (Å²) in [6.07, 6.45) is 3.86. The van der Waals surface area contributed by atoms with Gasteiger partial charge in [-0.05, 0) is 42.9 Å². The van der Waals surface area contributed by atoms with Crippen LogP contribution in [-0.2, 0) is 12.8 Å². The van der Waals surface area contributed by atoms with Gasteiger partial charge in [-0.2, -0.15) is 0 Å². The van der Waals surface area contributed by atoms with Crippen molar-refractivity contribution in [3.63, 3.8) is 0 Å². The Morgan fingerprint density at radius 1 is 1.28 bits per heavy atom. The van der Waals surface area contributed by atoms with E-state index in [1.165, 1.54) is 11.3 Å². The van der Waals surface area contributed by atoms with Crippen LogP contribution in [0.4, 0.5) is 5.00 Å². The predicted molar refractivity (Wildman–Crippen MR) is 103 cm³/mol. The second-order valence-corrected chi connectivity index (χ2v) is 8.06. The van der Waals surface area contributed by atoms with Crippen molar-refractivity contribution in [1.29, 1.82) is 0 Å². The van der Waals surface area contributed by atoms with Gasteiger partial charge in [0.05, 0.1) is 21.2 Å². The molecule has 25 heavy (non-hydrogen) atoms. The first kappa shape index (κ1) is 18.2. The highest BCUT2D eigenvalue weighted by atomic mass is 35.5. The summed E-state index contributed by atoms with van der Waals surface area (Å²) in [6.45, 7) is 2.17. The molecule has 1 heterocycles. The molecule has 0 saturated heterocycles. The molecule has 0 bridgehead atoms. The van der Waals surface area contributed by atoms with E-state index in [0.29, 0.717) is 16.5 Å². The maximum absolute atomic E-state index is 12.6. The highest BCUT2D eigenvalue weighted by Gasteiger charge is 2.28. The summed E-state index contributed by atoms with van der Waals surface area (Å²) in [7, 11) is 0. The summed E-state index contributed by atoms with van der Waals surface area (Å²) < 4.78 is 0. The standard InChI is InChI=1S/C18H18Cl2N2O2S/c1-2-9-6-7-10-13(8-9)25-18(14(10)16(21)23)22-17(24)15-11(19)4-3-5-12(15)20/h3-5,9H,2,6-8H2,1H3,(H2,21,23)(H,22,24). The molecule has 0 fully saturated rings. The molecule has 0 spiro atoms. The molecule has 132 valence electrons. The second-order valence-electron chi connectivity index (χ2n) is 6.14. The number of benzene rings is 1. The number of fused-ring (bicyclic) bond motifs is 1. The van der Waals surface area contributed by atoms with Gasteiger partial charge in [-0.1, -0.05) is 42.6 Å². The molecule has 1 atom stereocenters. The zero-order valence-electron chi connectivity index (χ0n) is 13.7. The van der Waals surface area contributed by atoms with E-state index in [2.05, 4.69) is 12.2 Å². The number of amides is 2. The molecule has 2 amide bonds. The lowest BCUT2D eigenvalue weighted by Crippen LogP contribution is -2.20. The number of anilines is 1. The Morgan fingerprint density at radius 3 is 2.56 bits per heavy atom. The normalized spacial score (nSPS) is 16.4. The minimum Gasteiger partial charge on any atom is -0.365 e. The summed E-state index contributed by atoms with van der Waals surface area (Å²) in [6, 6.07) is 4.87. The average molecular weight is 397 g/mol. The molecule has 0 radical (unpaired) electrons. The Hall–Kier alpha value is -1.56. The fourth-order valence-electron chi connectivity index (χ4n) is 3.23. The number of nitrogens with one attached hydrogen (secondary N) is 1. The lowest BCUT2D eigenvalue weighted by Gasteiger charge is -2.20. The first-order valence-corrected chi connectivity index (χ1v) is 9.69. The highest BCUT2D eigenvalue weighted by Crippen LogP contribution is 2.40. The number of carbonyl (C=O) groups excluding carboxylic acids is 2. The van der Waals surface area contributed by atoms with E-state index in [9.17, 15) is 9.59 Å². The summed E-state index contributed by atoms with van der Waals surface area (Å²) in [5, 5.41) is 3.80. The second kappa shape index (κ2) is 7.36. The molecule has 4 nitrogen and oxygen atoms in total. The minimum absolute atomic E-state index is 0.194. The number of carbonyl (C=O) groups is 2. The smallest absolute Gasteiger partial charge is 0.259 e. The Balaban J connectivity index is 1.96. The number of halogens is 2. The van der Waals surface area contributed by atoms with Gasteiger partial charge < -0.3 is 11.1 Å². The zero-order chi connectivity index (χ0) is 18.1. The van der Waals surface area contributed by atoms with E-state index in [0.717, 1.165) is 36.1 Å². The molecule has 3 rings (SSSR count). The van der Waals surface area contributed by atoms with Gasteiger partial charge in [0.15, 0.2) is 0 Å². The van der Waals surface area contributed by atoms with Crippen molar-refractivity contribution in [2.75, 3.05) is 5.32 Å². The van der Waals surface area contributed by atoms with Crippen LogP contribution in [0.3, 0.4) is 0 Å². The third-order valence-corrected chi connectivity index (χ3v) is 6.41. The molecule has 1 aliphatic rings. The van der Waals surface area contributed by atoms with Crippen molar-refractivity contribution in [1.82, 2.24) is 0 Å². The van der Waals surface area contributed by atoms with Gasteiger partial charge in [0, 0.05) is 4.88 Å². The van der Waals surface area contributed by atoms with Crippen molar-refractivity contribution in [3.8, 4) is 0 Å². The molecule has 1 aromatic carbocycles. The van der Waals surface area contributed by atoms with Gasteiger partial charge in [-0.15, -0.1) is 11.3 Å². The SMILES string of the molecule is CCC1CCc2c(sc(NC(=O)c3c(Cl)cccc3Cl)c2C(N)=O)C1. The van der Waals surface area contributed by atoms with E-state index < -0.39 is 11.8 Å². The predicted octanol–water partition coefficient (Wildman–Crippen LogP) is 4.92.